The largest absolute Gasteiger partial charge is 0.497 e. The summed E-state index contributed by atoms with van der Waals surface area (Å²) in [4.78, 5) is 41.8. The van der Waals surface area contributed by atoms with Crippen LogP contribution in [-0.2, 0) is 26.3 Å². The molecule has 0 radical (unpaired) electrons. The Morgan fingerprint density at radius 1 is 0.881 bits per heavy atom. The average molecular weight is 571 g/mol. The third-order valence-electron chi connectivity index (χ3n) is 8.63. The fourth-order valence-electron chi connectivity index (χ4n) is 6.35. The molecule has 2 fully saturated rings. The van der Waals surface area contributed by atoms with E-state index in [-0.39, 0.29) is 30.1 Å². The van der Waals surface area contributed by atoms with Crippen molar-refractivity contribution in [3.8, 4) is 11.5 Å². The molecule has 1 atom stereocenters. The molecule has 0 spiro atoms. The lowest BCUT2D eigenvalue weighted by Crippen LogP contribution is -2.47. The molecule has 2 heterocycles. The van der Waals surface area contributed by atoms with Crippen molar-refractivity contribution in [1.29, 1.82) is 0 Å². The highest BCUT2D eigenvalue weighted by Gasteiger charge is 2.39. The van der Waals surface area contributed by atoms with Gasteiger partial charge in [0.2, 0.25) is 0 Å². The van der Waals surface area contributed by atoms with Gasteiger partial charge in [0.15, 0.2) is 5.78 Å². The highest BCUT2D eigenvalue weighted by molar-refractivity contribution is 6.02. The molecule has 0 N–H and O–H groups in total. The summed E-state index contributed by atoms with van der Waals surface area (Å²) in [7, 11) is 4.62. The lowest BCUT2D eigenvalue weighted by atomic mass is 9.69. The summed E-state index contributed by atoms with van der Waals surface area (Å²) in [6.07, 6.45) is 2.18. The van der Waals surface area contributed by atoms with E-state index in [1.54, 1.807) is 25.2 Å². The van der Waals surface area contributed by atoms with Crippen LogP contribution in [0.5, 0.6) is 11.5 Å². The van der Waals surface area contributed by atoms with E-state index in [9.17, 15) is 14.4 Å². The standard InChI is InChI=1S/C34H38N2O6/c1-40-28-12-8-26(9-13-28)34(27-10-14-29(41-2)15-11-27)17-5-18-35(23-34)21-24-6-4-7-25(20-24)32(38)36-19-16-31(37)30(22-36)33(39)42-3/h4,6-15,20,30H,5,16-19,21-23H2,1-3H3. The summed E-state index contributed by atoms with van der Waals surface area (Å²) in [6, 6.07) is 24.4. The summed E-state index contributed by atoms with van der Waals surface area (Å²) in [5, 5.41) is 0. The molecule has 8 heteroatoms. The first-order chi connectivity index (χ1) is 20.4. The Labute approximate surface area is 247 Å². The molecule has 0 bridgehead atoms. The Morgan fingerprint density at radius 2 is 1.52 bits per heavy atom. The molecule has 2 saturated heterocycles. The van der Waals surface area contributed by atoms with Gasteiger partial charge in [-0.3, -0.25) is 19.3 Å². The van der Waals surface area contributed by atoms with Crippen LogP contribution in [0.3, 0.4) is 0 Å². The number of Topliss-reactive ketones (excluding diaryl/α,β-unsaturated/α-hetero) is 1. The van der Waals surface area contributed by atoms with Crippen molar-refractivity contribution < 1.29 is 28.6 Å². The number of amides is 1. The van der Waals surface area contributed by atoms with Crippen LogP contribution in [-0.4, -0.2) is 75.0 Å². The van der Waals surface area contributed by atoms with Gasteiger partial charge in [0.25, 0.3) is 5.91 Å². The first-order valence-corrected chi connectivity index (χ1v) is 14.4. The maximum atomic E-state index is 13.4. The predicted molar refractivity (Wildman–Crippen MR) is 159 cm³/mol. The van der Waals surface area contributed by atoms with E-state index in [2.05, 4.69) is 29.2 Å². The number of rotatable bonds is 8. The number of likely N-dealkylation sites (tertiary alicyclic amines) is 2. The second-order valence-corrected chi connectivity index (χ2v) is 11.1. The second-order valence-electron chi connectivity index (χ2n) is 11.1. The summed E-state index contributed by atoms with van der Waals surface area (Å²) in [5.74, 6) is -0.214. The molecule has 2 aliphatic heterocycles. The number of hydrogen-bond donors (Lipinski definition) is 0. The smallest absolute Gasteiger partial charge is 0.318 e. The van der Waals surface area contributed by atoms with Gasteiger partial charge in [-0.1, -0.05) is 36.4 Å². The van der Waals surface area contributed by atoms with Gasteiger partial charge in [-0.25, -0.2) is 0 Å². The number of methoxy groups -OCH3 is 3. The van der Waals surface area contributed by atoms with Crippen molar-refractivity contribution in [3.63, 3.8) is 0 Å². The van der Waals surface area contributed by atoms with Crippen LogP contribution < -0.4 is 9.47 Å². The van der Waals surface area contributed by atoms with E-state index in [0.717, 1.165) is 43.0 Å². The third kappa shape index (κ3) is 6.04. The third-order valence-corrected chi connectivity index (χ3v) is 8.63. The van der Waals surface area contributed by atoms with E-state index < -0.39 is 11.9 Å². The number of ether oxygens (including phenoxy) is 3. The van der Waals surface area contributed by atoms with Crippen molar-refractivity contribution in [1.82, 2.24) is 9.80 Å². The summed E-state index contributed by atoms with van der Waals surface area (Å²) < 4.78 is 15.6. The van der Waals surface area contributed by atoms with Crippen LogP contribution in [0.15, 0.2) is 72.8 Å². The van der Waals surface area contributed by atoms with Crippen molar-refractivity contribution >= 4 is 17.7 Å². The van der Waals surface area contributed by atoms with Crippen LogP contribution in [0.25, 0.3) is 0 Å². The monoisotopic (exact) mass is 570 g/mol. The molecule has 220 valence electrons. The highest BCUT2D eigenvalue weighted by Crippen LogP contribution is 2.42. The van der Waals surface area contributed by atoms with Crippen LogP contribution in [0, 0.1) is 5.92 Å². The molecule has 42 heavy (non-hydrogen) atoms. The zero-order chi connectivity index (χ0) is 29.7. The molecule has 8 nitrogen and oxygen atoms in total. The molecule has 0 aromatic heterocycles. The van der Waals surface area contributed by atoms with Crippen molar-refractivity contribution in [3.05, 3.63) is 95.1 Å². The maximum absolute atomic E-state index is 13.4. The molecule has 2 aliphatic rings. The quantitative estimate of drug-likeness (QED) is 0.291. The molecule has 0 saturated carbocycles. The molecular weight excluding hydrogens is 532 g/mol. The maximum Gasteiger partial charge on any atom is 0.318 e. The number of carbonyl (C=O) groups excluding carboxylic acids is 3. The first kappa shape index (κ1) is 29.3. The number of hydrogen-bond acceptors (Lipinski definition) is 7. The number of nitrogens with zero attached hydrogens (tertiary/aromatic N) is 2. The molecule has 0 aliphatic carbocycles. The Bertz CT molecular complexity index is 1360. The number of piperidine rings is 2. The fraction of sp³-hybridized carbons (Fsp3) is 0.382. The Kier molecular flexibility index (Phi) is 8.92. The summed E-state index contributed by atoms with van der Waals surface area (Å²) in [5.41, 5.74) is 3.86. The van der Waals surface area contributed by atoms with Gasteiger partial charge in [0, 0.05) is 43.6 Å². The zero-order valence-electron chi connectivity index (χ0n) is 24.5. The lowest BCUT2D eigenvalue weighted by molar-refractivity contribution is -0.151. The summed E-state index contributed by atoms with van der Waals surface area (Å²) >= 11 is 0. The van der Waals surface area contributed by atoms with Gasteiger partial charge in [0.1, 0.15) is 17.4 Å². The van der Waals surface area contributed by atoms with Gasteiger partial charge < -0.3 is 19.1 Å². The van der Waals surface area contributed by atoms with Gasteiger partial charge in [-0.15, -0.1) is 0 Å². The van der Waals surface area contributed by atoms with Gasteiger partial charge in [-0.2, -0.15) is 0 Å². The van der Waals surface area contributed by atoms with Crippen LogP contribution in [0.2, 0.25) is 0 Å². The zero-order valence-corrected chi connectivity index (χ0v) is 24.5. The average Bonchev–Trinajstić information content (AvgIpc) is 3.04. The minimum Gasteiger partial charge on any atom is -0.497 e. The minimum absolute atomic E-state index is 0.0485. The van der Waals surface area contributed by atoms with E-state index in [0.29, 0.717) is 18.7 Å². The number of esters is 1. The Hall–Kier alpha value is -4.17. The lowest BCUT2D eigenvalue weighted by Gasteiger charge is -2.44. The van der Waals surface area contributed by atoms with E-state index in [1.807, 2.05) is 42.5 Å². The van der Waals surface area contributed by atoms with Gasteiger partial charge in [-0.05, 0) is 72.5 Å². The van der Waals surface area contributed by atoms with Crippen molar-refractivity contribution in [2.75, 3.05) is 47.5 Å². The SMILES string of the molecule is COC(=O)C1CN(C(=O)c2cccc(CN3CCCC(c4ccc(OC)cc4)(c4ccc(OC)cc4)C3)c2)CCC1=O. The second kappa shape index (κ2) is 12.8. The Morgan fingerprint density at radius 3 is 2.12 bits per heavy atom. The van der Waals surface area contributed by atoms with E-state index in [4.69, 9.17) is 14.2 Å². The number of carbonyl (C=O) groups is 3. The minimum atomic E-state index is -0.923. The highest BCUT2D eigenvalue weighted by atomic mass is 16.5. The van der Waals surface area contributed by atoms with Gasteiger partial charge in [0.05, 0.1) is 21.3 Å². The molecule has 5 rings (SSSR count). The molecular formula is C34H38N2O6. The van der Waals surface area contributed by atoms with Gasteiger partial charge >= 0.3 is 5.97 Å². The number of ketones is 1. The summed E-state index contributed by atoms with van der Waals surface area (Å²) in [6.45, 7) is 2.80. The van der Waals surface area contributed by atoms with Crippen molar-refractivity contribution in [2.24, 2.45) is 5.92 Å². The van der Waals surface area contributed by atoms with Crippen LogP contribution in [0.1, 0.15) is 46.3 Å². The molecule has 1 amide bonds. The normalized spacial score (nSPS) is 18.8. The van der Waals surface area contributed by atoms with Crippen LogP contribution in [0.4, 0.5) is 0 Å². The number of benzene rings is 3. The van der Waals surface area contributed by atoms with Crippen molar-refractivity contribution in [2.45, 2.75) is 31.2 Å². The fourth-order valence-corrected chi connectivity index (χ4v) is 6.35. The Balaban J connectivity index is 1.37. The van der Waals surface area contributed by atoms with E-state index >= 15 is 0 Å². The predicted octanol–water partition coefficient (Wildman–Crippen LogP) is 4.49. The topological polar surface area (TPSA) is 85.4 Å². The molecule has 3 aromatic carbocycles. The first-order valence-electron chi connectivity index (χ1n) is 14.4. The molecule has 1 unspecified atom stereocenters. The van der Waals surface area contributed by atoms with E-state index in [1.165, 1.54) is 18.2 Å². The molecule has 3 aromatic rings. The van der Waals surface area contributed by atoms with Crippen LogP contribution >= 0.6 is 0 Å².